The zero-order valence-electron chi connectivity index (χ0n) is 14.6. The Balaban J connectivity index is 1.84. The first kappa shape index (κ1) is 18.7. The van der Waals surface area contributed by atoms with Crippen LogP contribution in [0.15, 0.2) is 72.1 Å². The second-order valence-corrected chi connectivity index (χ2v) is 5.91. The van der Waals surface area contributed by atoms with Crippen molar-refractivity contribution in [3.63, 3.8) is 0 Å². The van der Waals surface area contributed by atoms with E-state index in [0.717, 1.165) is 5.56 Å². The Morgan fingerprint density at radius 2 is 1.86 bits per heavy atom. The third-order valence-corrected chi connectivity index (χ3v) is 3.94. The van der Waals surface area contributed by atoms with Crippen LogP contribution in [-0.4, -0.2) is 27.1 Å². The smallest absolute Gasteiger partial charge is 0.311 e. The molecule has 2 N–H and O–H groups in total. The Morgan fingerprint density at radius 1 is 1.14 bits per heavy atom. The van der Waals surface area contributed by atoms with Gasteiger partial charge in [-0.15, -0.1) is 0 Å². The molecule has 140 valence electrons. The molecule has 1 aromatic heterocycles. The van der Waals surface area contributed by atoms with Crippen LogP contribution in [0.3, 0.4) is 0 Å². The maximum absolute atomic E-state index is 12.0. The summed E-state index contributed by atoms with van der Waals surface area (Å²) < 4.78 is 0. The van der Waals surface area contributed by atoms with Crippen LogP contribution in [0.25, 0.3) is 0 Å². The van der Waals surface area contributed by atoms with Crippen LogP contribution >= 0.6 is 0 Å². The molecular weight excluding hydrogens is 360 g/mol. The molecule has 0 aliphatic heterocycles. The number of rotatable bonds is 6. The van der Waals surface area contributed by atoms with E-state index in [1.165, 1.54) is 36.8 Å². The number of carbonyl (C=O) groups is 1. The van der Waals surface area contributed by atoms with Crippen molar-refractivity contribution in [1.82, 2.24) is 10.4 Å². The summed E-state index contributed by atoms with van der Waals surface area (Å²) in [5.41, 5.74) is 3.99. The van der Waals surface area contributed by atoms with Crippen LogP contribution in [0.5, 0.6) is 5.75 Å². The minimum Gasteiger partial charge on any atom is -0.502 e. The number of phenols is 1. The van der Waals surface area contributed by atoms with Crippen LogP contribution in [0.4, 0.5) is 5.69 Å². The molecule has 0 saturated carbocycles. The lowest BCUT2D eigenvalue weighted by atomic mass is 10.0. The highest BCUT2D eigenvalue weighted by atomic mass is 16.6. The van der Waals surface area contributed by atoms with Gasteiger partial charge in [-0.05, 0) is 35.7 Å². The summed E-state index contributed by atoms with van der Waals surface area (Å²) in [6.45, 7) is 0. The van der Waals surface area contributed by atoms with Crippen molar-refractivity contribution < 1.29 is 14.8 Å². The number of nitro benzene ring substituents is 1. The number of hydrazone groups is 1. The number of nitrogens with zero attached hydrogens (tertiary/aromatic N) is 3. The van der Waals surface area contributed by atoms with Crippen LogP contribution in [0.2, 0.25) is 0 Å². The molecule has 1 heterocycles. The first-order valence-corrected chi connectivity index (χ1v) is 8.32. The van der Waals surface area contributed by atoms with E-state index in [4.69, 9.17) is 0 Å². The molecule has 0 radical (unpaired) electrons. The zero-order chi connectivity index (χ0) is 19.9. The van der Waals surface area contributed by atoms with Gasteiger partial charge in [-0.25, -0.2) is 5.43 Å². The van der Waals surface area contributed by atoms with Crippen LogP contribution in [-0.2, 0) is 6.42 Å². The summed E-state index contributed by atoms with van der Waals surface area (Å²) in [4.78, 5) is 26.4. The van der Waals surface area contributed by atoms with Gasteiger partial charge in [0.2, 0.25) is 5.75 Å². The average Bonchev–Trinajstić information content (AvgIpc) is 2.71. The number of carbonyl (C=O) groups excluding carboxylic acids is 1. The van der Waals surface area contributed by atoms with Gasteiger partial charge in [0.05, 0.1) is 11.1 Å². The van der Waals surface area contributed by atoms with Gasteiger partial charge in [0.25, 0.3) is 5.91 Å². The van der Waals surface area contributed by atoms with Gasteiger partial charge < -0.3 is 5.11 Å². The van der Waals surface area contributed by atoms with E-state index in [0.29, 0.717) is 17.5 Å². The Kier molecular flexibility index (Phi) is 5.71. The van der Waals surface area contributed by atoms with Crippen molar-refractivity contribution >= 4 is 17.8 Å². The monoisotopic (exact) mass is 376 g/mol. The predicted octanol–water partition coefficient (Wildman–Crippen LogP) is 3.05. The van der Waals surface area contributed by atoms with Crippen molar-refractivity contribution in [1.29, 1.82) is 0 Å². The van der Waals surface area contributed by atoms with Gasteiger partial charge in [0.1, 0.15) is 0 Å². The number of aromatic hydroxyl groups is 1. The van der Waals surface area contributed by atoms with Crippen LogP contribution in [0, 0.1) is 10.1 Å². The highest BCUT2D eigenvalue weighted by molar-refractivity contribution is 5.95. The molecule has 0 aliphatic rings. The molecule has 0 saturated heterocycles. The number of nitrogens with one attached hydrogen (secondary N) is 1. The molecule has 0 atom stereocenters. The summed E-state index contributed by atoms with van der Waals surface area (Å²) in [6.07, 6.45) is 4.57. The number of benzene rings is 2. The minimum atomic E-state index is -0.656. The second-order valence-electron chi connectivity index (χ2n) is 5.91. The number of phenolic OH excluding ortho intramolecular Hbond substituents is 1. The quantitative estimate of drug-likeness (QED) is 0.389. The number of hydrogen-bond donors (Lipinski definition) is 2. The molecule has 3 rings (SSSR count). The van der Waals surface area contributed by atoms with E-state index < -0.39 is 22.3 Å². The minimum absolute atomic E-state index is 0.134. The Morgan fingerprint density at radius 3 is 2.54 bits per heavy atom. The summed E-state index contributed by atoms with van der Waals surface area (Å²) >= 11 is 0. The highest BCUT2D eigenvalue weighted by Crippen LogP contribution is 2.31. The standard InChI is InChI=1S/C20H16N4O4/c25-19-17(13-22-23-20(26)16-6-8-21-9-7-16)11-15(12-18(19)24(27)28)10-14-4-2-1-3-5-14/h1-9,11-13,25H,10H2,(H,23,26)/b22-13+. The Bertz CT molecular complexity index is 1020. The van der Waals surface area contributed by atoms with Crippen molar-refractivity contribution in [2.75, 3.05) is 0 Å². The molecule has 0 unspecified atom stereocenters. The lowest BCUT2D eigenvalue weighted by molar-refractivity contribution is -0.385. The van der Waals surface area contributed by atoms with Crippen molar-refractivity contribution in [2.45, 2.75) is 6.42 Å². The number of hydrogen-bond acceptors (Lipinski definition) is 6. The number of nitro groups is 1. The molecule has 0 aliphatic carbocycles. The topological polar surface area (TPSA) is 118 Å². The maximum Gasteiger partial charge on any atom is 0.311 e. The second kappa shape index (κ2) is 8.54. The normalized spacial score (nSPS) is 10.7. The summed E-state index contributed by atoms with van der Waals surface area (Å²) in [6, 6.07) is 15.4. The molecule has 0 fully saturated rings. The largest absolute Gasteiger partial charge is 0.502 e. The zero-order valence-corrected chi connectivity index (χ0v) is 14.6. The third-order valence-electron chi connectivity index (χ3n) is 3.94. The molecule has 0 spiro atoms. The molecule has 28 heavy (non-hydrogen) atoms. The molecule has 2 aromatic carbocycles. The lowest BCUT2D eigenvalue weighted by Crippen LogP contribution is -2.17. The Hall–Kier alpha value is -4.07. The third kappa shape index (κ3) is 4.55. The molecule has 0 bridgehead atoms. The first-order chi connectivity index (χ1) is 13.5. The van der Waals surface area contributed by atoms with Crippen molar-refractivity contribution in [2.24, 2.45) is 5.10 Å². The highest BCUT2D eigenvalue weighted by Gasteiger charge is 2.18. The van der Waals surface area contributed by atoms with E-state index in [-0.39, 0.29) is 5.56 Å². The van der Waals surface area contributed by atoms with E-state index in [2.05, 4.69) is 15.5 Å². The van der Waals surface area contributed by atoms with E-state index in [1.807, 2.05) is 30.3 Å². The summed E-state index contributed by atoms with van der Waals surface area (Å²) in [5.74, 6) is -0.975. The van der Waals surface area contributed by atoms with Gasteiger partial charge in [0, 0.05) is 29.6 Å². The van der Waals surface area contributed by atoms with Gasteiger partial charge in [-0.2, -0.15) is 5.10 Å². The molecule has 8 heteroatoms. The molecule has 3 aromatic rings. The fraction of sp³-hybridized carbons (Fsp3) is 0.0500. The van der Waals surface area contributed by atoms with Crippen LogP contribution < -0.4 is 5.43 Å². The van der Waals surface area contributed by atoms with Gasteiger partial charge >= 0.3 is 5.69 Å². The lowest BCUT2D eigenvalue weighted by Gasteiger charge is -2.06. The SMILES string of the molecule is O=C(N/N=C/c1cc(Cc2ccccc2)cc([N+](=O)[O-])c1O)c1ccncc1. The summed E-state index contributed by atoms with van der Waals surface area (Å²) in [7, 11) is 0. The molecule has 1 amide bonds. The predicted molar refractivity (Wildman–Crippen MR) is 103 cm³/mol. The number of amides is 1. The van der Waals surface area contributed by atoms with Crippen LogP contribution in [0.1, 0.15) is 27.0 Å². The molecule has 8 nitrogen and oxygen atoms in total. The Labute approximate surface area is 160 Å². The fourth-order valence-electron chi connectivity index (χ4n) is 2.60. The summed E-state index contributed by atoms with van der Waals surface area (Å²) in [5, 5.41) is 25.2. The van der Waals surface area contributed by atoms with E-state index in [9.17, 15) is 20.0 Å². The first-order valence-electron chi connectivity index (χ1n) is 8.32. The van der Waals surface area contributed by atoms with E-state index >= 15 is 0 Å². The van der Waals surface area contributed by atoms with Gasteiger partial charge in [0.15, 0.2) is 0 Å². The van der Waals surface area contributed by atoms with Gasteiger partial charge in [-0.3, -0.25) is 19.9 Å². The van der Waals surface area contributed by atoms with E-state index in [1.54, 1.807) is 6.07 Å². The number of aromatic nitrogens is 1. The fourth-order valence-corrected chi connectivity index (χ4v) is 2.60. The van der Waals surface area contributed by atoms with Gasteiger partial charge in [-0.1, -0.05) is 30.3 Å². The average molecular weight is 376 g/mol. The number of pyridine rings is 1. The van der Waals surface area contributed by atoms with Crippen molar-refractivity contribution in [3.05, 3.63) is 99.4 Å². The maximum atomic E-state index is 12.0. The molecular formula is C20H16N4O4. The van der Waals surface area contributed by atoms with Crippen molar-refractivity contribution in [3.8, 4) is 5.75 Å².